The summed E-state index contributed by atoms with van der Waals surface area (Å²) in [6.07, 6.45) is 0.876. The van der Waals surface area contributed by atoms with Crippen molar-refractivity contribution in [2.75, 3.05) is 0 Å². The third-order valence-corrected chi connectivity index (χ3v) is 24.9. The highest BCUT2D eigenvalue weighted by Gasteiger charge is 2.45. The lowest BCUT2D eigenvalue weighted by Gasteiger charge is -2.37. The van der Waals surface area contributed by atoms with Crippen LogP contribution in [0, 0.1) is 0 Å². The topological polar surface area (TPSA) is 0 Å². The van der Waals surface area contributed by atoms with Crippen molar-refractivity contribution in [2.45, 2.75) is 58.8 Å². The Morgan fingerprint density at radius 3 is 0.746 bits per heavy atom. The summed E-state index contributed by atoms with van der Waals surface area (Å²) in [5, 5.41) is 11.2. The molecule has 0 aliphatic heterocycles. The Morgan fingerprint density at radius 2 is 0.493 bits per heavy atom. The van der Waals surface area contributed by atoms with Crippen LogP contribution in [0.5, 0.6) is 0 Å². The van der Waals surface area contributed by atoms with Crippen molar-refractivity contribution in [1.82, 2.24) is 0 Å². The maximum Gasteiger partial charge on any atom is 0.180 e. The summed E-state index contributed by atoms with van der Waals surface area (Å²) >= 11 is 0. The normalized spacial score (nSPS) is 12.6. The summed E-state index contributed by atoms with van der Waals surface area (Å²) in [5.74, 6) is 0. The molecule has 2 heteroatoms. The molecule has 0 amide bonds. The molecule has 0 unspecified atom stereocenters. The van der Waals surface area contributed by atoms with Crippen LogP contribution in [0.25, 0.3) is 33.4 Å². The lowest BCUT2D eigenvalue weighted by Crippen LogP contribution is -2.75. The van der Waals surface area contributed by atoms with Crippen molar-refractivity contribution in [3.05, 3.63) is 277 Å². The molecule has 0 radical (unpaired) electrons. The van der Waals surface area contributed by atoms with Gasteiger partial charge in [-0.2, -0.15) is 0 Å². The predicted molar refractivity (Wildman–Crippen MR) is 310 cm³/mol. The van der Waals surface area contributed by atoms with E-state index >= 15 is 0 Å². The molecule has 0 bridgehead atoms. The third kappa shape index (κ3) is 7.91. The van der Waals surface area contributed by atoms with Gasteiger partial charge in [-0.25, -0.2) is 0 Å². The minimum atomic E-state index is -2.86. The average molecular weight is 947 g/mol. The van der Waals surface area contributed by atoms with Crippen LogP contribution in [0.1, 0.15) is 63.8 Å². The molecule has 10 aromatic rings. The van der Waals surface area contributed by atoms with Crippen LogP contribution >= 0.6 is 0 Å². The van der Waals surface area contributed by atoms with E-state index in [1.165, 1.54) is 97.1 Å². The molecule has 10 aromatic carbocycles. The van der Waals surface area contributed by atoms with Gasteiger partial charge in [0.1, 0.15) is 0 Å². The Bertz CT molecular complexity index is 3050. The van der Waals surface area contributed by atoms with Gasteiger partial charge < -0.3 is 0 Å². The van der Waals surface area contributed by atoms with Gasteiger partial charge in [0.15, 0.2) is 16.1 Å². The summed E-state index contributed by atoms with van der Waals surface area (Å²) in [7, 11) is -5.73. The minimum absolute atomic E-state index is 0.136. The number of hydrogen-bond donors (Lipinski definition) is 0. The zero-order chi connectivity index (χ0) is 48.8. The zero-order valence-electron chi connectivity index (χ0n) is 42.0. The standard InChI is InChI=1S/C69H62Si2/c1-68(2,3)64-48-60-50(46-62(64)58-41-25-27-43-66(58)70(52-29-13-7-14-30-52,53-31-15-8-16-32-53)54-33-17-9-18-34-54)45-51-47-63(65(49-61(51)60)69(4,5)6)59-42-26-28-44-67(59)71(55-35-19-10-20-36-55,56-37-21-11-22-38-56)57-39-23-12-24-40-57/h7-44,46-49H,45H2,1-6H3. The molecule has 0 nitrogen and oxygen atoms in total. The van der Waals surface area contributed by atoms with E-state index in [-0.39, 0.29) is 10.8 Å². The van der Waals surface area contributed by atoms with Crippen molar-refractivity contribution < 1.29 is 0 Å². The molecule has 0 heterocycles. The van der Waals surface area contributed by atoms with E-state index in [9.17, 15) is 0 Å². The highest BCUT2D eigenvalue weighted by atomic mass is 28.3. The third-order valence-electron chi connectivity index (χ3n) is 15.3. The van der Waals surface area contributed by atoms with E-state index in [0.717, 1.165) is 6.42 Å². The summed E-state index contributed by atoms with van der Waals surface area (Å²) in [4.78, 5) is 0. The first-order chi connectivity index (χ1) is 34.5. The second-order valence-corrected chi connectivity index (χ2v) is 29.1. The molecule has 0 N–H and O–H groups in total. The number of hydrogen-bond acceptors (Lipinski definition) is 0. The van der Waals surface area contributed by atoms with Crippen molar-refractivity contribution >= 4 is 57.6 Å². The van der Waals surface area contributed by atoms with Crippen LogP contribution in [0.2, 0.25) is 0 Å². The molecule has 0 saturated carbocycles. The van der Waals surface area contributed by atoms with E-state index in [0.29, 0.717) is 0 Å². The Balaban J connectivity index is 1.14. The highest BCUT2D eigenvalue weighted by molar-refractivity contribution is 7.21. The van der Waals surface area contributed by atoms with E-state index in [4.69, 9.17) is 0 Å². The number of rotatable bonds is 10. The largest absolute Gasteiger partial charge is 0.180 e. The molecule has 0 spiro atoms. The van der Waals surface area contributed by atoms with Crippen LogP contribution in [-0.4, -0.2) is 16.1 Å². The Kier molecular flexibility index (Phi) is 11.9. The van der Waals surface area contributed by atoms with Crippen LogP contribution in [0.4, 0.5) is 0 Å². The monoisotopic (exact) mass is 946 g/mol. The minimum Gasteiger partial charge on any atom is -0.0623 e. The van der Waals surface area contributed by atoms with E-state index in [1.54, 1.807) is 0 Å². The van der Waals surface area contributed by atoms with E-state index in [2.05, 4.69) is 296 Å². The zero-order valence-corrected chi connectivity index (χ0v) is 44.0. The maximum absolute atomic E-state index is 2.86. The van der Waals surface area contributed by atoms with Crippen molar-refractivity contribution in [3.63, 3.8) is 0 Å². The summed E-state index contributed by atoms with van der Waals surface area (Å²) in [6, 6.07) is 97.3. The molecule has 346 valence electrons. The first kappa shape index (κ1) is 46.0. The first-order valence-electron chi connectivity index (χ1n) is 25.4. The van der Waals surface area contributed by atoms with Crippen molar-refractivity contribution in [3.8, 4) is 33.4 Å². The van der Waals surface area contributed by atoms with Gasteiger partial charge in [-0.15, -0.1) is 0 Å². The Hall–Kier alpha value is -7.37. The fourth-order valence-electron chi connectivity index (χ4n) is 12.1. The molecule has 11 rings (SSSR count). The van der Waals surface area contributed by atoms with Gasteiger partial charge in [0, 0.05) is 0 Å². The fraction of sp³-hybridized carbons (Fsp3) is 0.130. The van der Waals surface area contributed by atoms with Gasteiger partial charge in [-0.3, -0.25) is 0 Å². The number of benzene rings is 10. The lowest BCUT2D eigenvalue weighted by molar-refractivity contribution is 0.591. The van der Waals surface area contributed by atoms with Crippen LogP contribution in [0.3, 0.4) is 0 Å². The average Bonchev–Trinajstić information content (AvgIpc) is 3.77. The van der Waals surface area contributed by atoms with Crippen LogP contribution in [0.15, 0.2) is 255 Å². The number of fused-ring (bicyclic) bond motifs is 3. The Morgan fingerprint density at radius 1 is 0.254 bits per heavy atom. The van der Waals surface area contributed by atoms with Crippen molar-refractivity contribution in [2.24, 2.45) is 0 Å². The summed E-state index contributed by atoms with van der Waals surface area (Å²) in [6.45, 7) is 14.4. The predicted octanol–water partition coefficient (Wildman–Crippen LogP) is 11.9. The van der Waals surface area contributed by atoms with Crippen molar-refractivity contribution in [1.29, 1.82) is 0 Å². The van der Waals surface area contributed by atoms with Gasteiger partial charge in [0.25, 0.3) is 0 Å². The molecule has 0 aromatic heterocycles. The SMILES string of the molecule is CC(C)(C)c1cc2c(cc1-c1ccccc1[Si](c1ccccc1)(c1ccccc1)c1ccccc1)Cc1cc(-c3ccccc3[Si](c3ccccc3)(c3ccccc3)c3ccccc3)c(C(C)(C)C)cc1-2. The summed E-state index contributed by atoms with van der Waals surface area (Å²) < 4.78 is 0. The molecule has 71 heavy (non-hydrogen) atoms. The highest BCUT2D eigenvalue weighted by Crippen LogP contribution is 2.47. The maximum atomic E-state index is 2.59. The first-order valence-corrected chi connectivity index (χ1v) is 29.4. The second-order valence-electron chi connectivity index (χ2n) is 21.6. The molecule has 1 aliphatic rings. The smallest absolute Gasteiger partial charge is 0.0623 e. The molecular weight excluding hydrogens is 885 g/mol. The second kappa shape index (κ2) is 18.4. The molecule has 0 saturated heterocycles. The molecule has 0 fully saturated rings. The van der Waals surface area contributed by atoms with E-state index < -0.39 is 16.1 Å². The van der Waals surface area contributed by atoms with Crippen LogP contribution < -0.4 is 41.5 Å². The molecule has 1 aliphatic carbocycles. The van der Waals surface area contributed by atoms with E-state index in [1.807, 2.05) is 0 Å². The summed E-state index contributed by atoms with van der Waals surface area (Å²) in [5.41, 5.74) is 13.4. The fourth-order valence-corrected chi connectivity index (χ4v) is 22.1. The van der Waals surface area contributed by atoms with Gasteiger partial charge in [-0.05, 0) is 139 Å². The van der Waals surface area contributed by atoms with Crippen LogP contribution in [-0.2, 0) is 17.3 Å². The quantitative estimate of drug-likeness (QED) is 0.0947. The molecule has 0 atom stereocenters. The van der Waals surface area contributed by atoms with Gasteiger partial charge in [0.2, 0.25) is 0 Å². The van der Waals surface area contributed by atoms with Gasteiger partial charge in [-0.1, -0.05) is 272 Å². The van der Waals surface area contributed by atoms with Gasteiger partial charge in [0.05, 0.1) is 0 Å². The lowest BCUT2D eigenvalue weighted by atomic mass is 9.78. The molecular formula is C69H62Si2. The Labute approximate surface area is 424 Å². The van der Waals surface area contributed by atoms with Gasteiger partial charge >= 0.3 is 0 Å².